The van der Waals surface area contributed by atoms with E-state index in [1.165, 1.54) is 42.5 Å². The van der Waals surface area contributed by atoms with E-state index in [4.69, 9.17) is 4.74 Å². The summed E-state index contributed by atoms with van der Waals surface area (Å²) in [7, 11) is 0. The van der Waals surface area contributed by atoms with E-state index < -0.39 is 40.6 Å². The number of aromatic carboxylic acids is 1. The summed E-state index contributed by atoms with van der Waals surface area (Å²) >= 11 is -0.0167. The van der Waals surface area contributed by atoms with Crippen LogP contribution in [0.2, 0.25) is 0 Å². The standard InChI is InChI=1S/C16H18I.C13H6F4O3/c1-12(2)14-6-10-16(11-7-14)17-15-8-4-13(3)5-9-15;14-8-7(13(18)19)9(15)11(17)12(10(8)16)20-6-4-2-1-3-5-6/h4-12H,1-3H3;1-5H,(H,18,19)/q+1;/p-1. The van der Waals surface area contributed by atoms with Gasteiger partial charge in [-0.25, -0.2) is 8.78 Å². The summed E-state index contributed by atoms with van der Waals surface area (Å²) in [6.45, 7) is 6.62. The lowest BCUT2D eigenvalue weighted by Crippen LogP contribution is -3.61. The zero-order valence-electron chi connectivity index (χ0n) is 20.2. The van der Waals surface area contributed by atoms with Crippen LogP contribution < -0.4 is 31.0 Å². The Balaban J connectivity index is 0.000000208. The monoisotopic (exact) mass is 622 g/mol. The average Bonchev–Trinajstić information content (AvgIpc) is 2.88. The highest BCUT2D eigenvalue weighted by Crippen LogP contribution is 2.33. The summed E-state index contributed by atoms with van der Waals surface area (Å²) in [6, 6.07) is 25.2. The molecule has 4 aromatic rings. The Bertz CT molecular complexity index is 1330. The van der Waals surface area contributed by atoms with Gasteiger partial charge < -0.3 is 14.6 Å². The largest absolute Gasteiger partial charge is 0.545 e. The molecule has 0 amide bonds. The van der Waals surface area contributed by atoms with Gasteiger partial charge in [-0.2, -0.15) is 8.78 Å². The van der Waals surface area contributed by atoms with Gasteiger partial charge in [-0.3, -0.25) is 0 Å². The average molecular weight is 622 g/mol. The molecule has 0 aliphatic rings. The van der Waals surface area contributed by atoms with Crippen molar-refractivity contribution in [2.45, 2.75) is 26.7 Å². The maximum absolute atomic E-state index is 13.6. The molecule has 0 heterocycles. The van der Waals surface area contributed by atoms with Crippen molar-refractivity contribution in [3.63, 3.8) is 0 Å². The highest BCUT2D eigenvalue weighted by Gasteiger charge is 2.27. The van der Waals surface area contributed by atoms with Gasteiger partial charge in [0.05, 0.1) is 11.5 Å². The first-order valence-electron chi connectivity index (χ1n) is 11.2. The molecule has 4 rings (SSSR count). The molecule has 0 saturated carbocycles. The number of carbonyl (C=O) groups excluding carboxylic acids is 1. The van der Waals surface area contributed by atoms with Crippen LogP contribution in [0, 0.1) is 37.3 Å². The summed E-state index contributed by atoms with van der Waals surface area (Å²) in [5.74, 6) is -11.3. The maximum Gasteiger partial charge on any atom is 0.357 e. The molecule has 37 heavy (non-hydrogen) atoms. The van der Waals surface area contributed by atoms with E-state index >= 15 is 0 Å². The van der Waals surface area contributed by atoms with Gasteiger partial charge in [0.15, 0.2) is 18.8 Å². The van der Waals surface area contributed by atoms with E-state index in [0.717, 1.165) is 0 Å². The molecule has 8 heteroatoms. The maximum atomic E-state index is 13.6. The minimum absolute atomic E-state index is 0.0167. The van der Waals surface area contributed by atoms with Gasteiger partial charge >= 0.3 is 21.2 Å². The predicted molar refractivity (Wildman–Crippen MR) is 126 cm³/mol. The highest BCUT2D eigenvalue weighted by molar-refractivity contribution is 5.86. The van der Waals surface area contributed by atoms with Crippen LogP contribution >= 0.6 is 0 Å². The van der Waals surface area contributed by atoms with Crippen molar-refractivity contribution in [1.82, 2.24) is 0 Å². The van der Waals surface area contributed by atoms with E-state index in [9.17, 15) is 27.5 Å². The lowest BCUT2D eigenvalue weighted by Gasteiger charge is -2.13. The van der Waals surface area contributed by atoms with E-state index in [1.807, 2.05) is 0 Å². The number of para-hydroxylation sites is 1. The second kappa shape index (κ2) is 12.7. The SMILES string of the molecule is Cc1ccc([I+]c2ccc(C(C)C)cc2)cc1.O=C([O-])c1c(F)c(F)c(Oc2ccccc2)c(F)c1F. The Labute approximate surface area is 223 Å². The van der Waals surface area contributed by atoms with Crippen LogP contribution in [0.1, 0.15) is 41.3 Å². The Morgan fingerprint density at radius 1 is 0.757 bits per heavy atom. The molecule has 0 bridgehead atoms. The molecule has 0 spiro atoms. The molecule has 0 aliphatic heterocycles. The molecule has 0 aromatic heterocycles. The molecule has 4 aromatic carbocycles. The number of hydrogen-bond acceptors (Lipinski definition) is 3. The second-order valence-electron chi connectivity index (χ2n) is 8.26. The van der Waals surface area contributed by atoms with Crippen LogP contribution in [0.5, 0.6) is 11.5 Å². The molecule has 0 aliphatic carbocycles. The Kier molecular flexibility index (Phi) is 9.68. The summed E-state index contributed by atoms with van der Waals surface area (Å²) in [5, 5.41) is 10.5. The minimum Gasteiger partial charge on any atom is -0.545 e. The molecule has 3 nitrogen and oxygen atoms in total. The van der Waals surface area contributed by atoms with Gasteiger partial charge in [0, 0.05) is 0 Å². The zero-order chi connectivity index (χ0) is 27.1. The predicted octanol–water partition coefficient (Wildman–Crippen LogP) is 3.65. The van der Waals surface area contributed by atoms with Gasteiger partial charge in [-0.15, -0.1) is 0 Å². The van der Waals surface area contributed by atoms with Gasteiger partial charge in [0.25, 0.3) is 0 Å². The molecule has 0 saturated heterocycles. The number of carboxylic acids is 1. The van der Waals surface area contributed by atoms with Crippen LogP contribution in [0.25, 0.3) is 0 Å². The Hall–Kier alpha value is -3.40. The van der Waals surface area contributed by atoms with Crippen molar-refractivity contribution in [2.75, 3.05) is 0 Å². The van der Waals surface area contributed by atoms with Crippen LogP contribution in [-0.4, -0.2) is 5.97 Å². The quantitative estimate of drug-likeness (QED) is 0.188. The van der Waals surface area contributed by atoms with E-state index in [-0.39, 0.29) is 27.0 Å². The first-order valence-corrected chi connectivity index (χ1v) is 13.4. The van der Waals surface area contributed by atoms with Crippen molar-refractivity contribution in [3.8, 4) is 11.5 Å². The fourth-order valence-corrected chi connectivity index (χ4v) is 5.28. The van der Waals surface area contributed by atoms with Crippen molar-refractivity contribution >= 4 is 5.97 Å². The van der Waals surface area contributed by atoms with Gasteiger partial charge in [0.2, 0.25) is 17.4 Å². The number of ether oxygens (including phenoxy) is 1. The fraction of sp³-hybridized carbons (Fsp3) is 0.138. The van der Waals surface area contributed by atoms with Crippen molar-refractivity contribution < 1.29 is 53.4 Å². The third-order valence-electron chi connectivity index (χ3n) is 5.16. The highest BCUT2D eigenvalue weighted by atomic mass is 127. The Morgan fingerprint density at radius 3 is 1.70 bits per heavy atom. The third-order valence-corrected chi connectivity index (χ3v) is 7.84. The van der Waals surface area contributed by atoms with Crippen molar-refractivity contribution in [3.05, 3.63) is 126 Å². The number of halogens is 5. The number of carboxylic acid groups (broad SMARTS) is 1. The van der Waals surface area contributed by atoms with E-state index in [2.05, 4.69) is 69.3 Å². The summed E-state index contributed by atoms with van der Waals surface area (Å²) in [4.78, 5) is 10.5. The minimum atomic E-state index is -2.37. The molecule has 0 N–H and O–H groups in total. The van der Waals surface area contributed by atoms with E-state index in [0.29, 0.717) is 5.92 Å². The third kappa shape index (κ3) is 7.31. The fourth-order valence-electron chi connectivity index (χ4n) is 3.12. The van der Waals surface area contributed by atoms with Crippen LogP contribution in [-0.2, 0) is 0 Å². The smallest absolute Gasteiger partial charge is 0.357 e. The van der Waals surface area contributed by atoms with Gasteiger partial charge in [-0.1, -0.05) is 61.9 Å². The van der Waals surface area contributed by atoms with Crippen molar-refractivity contribution in [2.24, 2.45) is 0 Å². The number of hydrogen-bond donors (Lipinski definition) is 0. The summed E-state index contributed by atoms with van der Waals surface area (Å²) in [6.07, 6.45) is 0. The second-order valence-corrected chi connectivity index (χ2v) is 11.3. The first kappa shape index (κ1) is 28.2. The number of carbonyl (C=O) groups is 1. The van der Waals surface area contributed by atoms with Gasteiger partial charge in [-0.05, 0) is 54.8 Å². The number of aryl methyl sites for hydroxylation is 1. The summed E-state index contributed by atoms with van der Waals surface area (Å²) in [5.41, 5.74) is 0.954. The molecule has 192 valence electrons. The number of benzene rings is 4. The number of rotatable bonds is 6. The molecule has 0 fully saturated rings. The normalized spacial score (nSPS) is 10.6. The van der Waals surface area contributed by atoms with Crippen molar-refractivity contribution in [1.29, 1.82) is 0 Å². The van der Waals surface area contributed by atoms with E-state index in [1.54, 1.807) is 6.07 Å². The molecular weight excluding hydrogens is 599 g/mol. The molecular formula is C29H23F4IO3. The summed E-state index contributed by atoms with van der Waals surface area (Å²) < 4.78 is 61.5. The molecule has 0 unspecified atom stereocenters. The first-order chi connectivity index (χ1) is 17.6. The molecule has 0 atom stereocenters. The Morgan fingerprint density at radius 2 is 1.24 bits per heavy atom. The zero-order valence-corrected chi connectivity index (χ0v) is 22.4. The van der Waals surface area contributed by atoms with Crippen LogP contribution in [0.3, 0.4) is 0 Å². The lowest BCUT2D eigenvalue weighted by molar-refractivity contribution is -0.597. The van der Waals surface area contributed by atoms with Crippen LogP contribution in [0.4, 0.5) is 17.6 Å². The molecule has 0 radical (unpaired) electrons. The topological polar surface area (TPSA) is 49.4 Å². The lowest BCUT2D eigenvalue weighted by atomic mass is 10.0. The van der Waals surface area contributed by atoms with Gasteiger partial charge in [0.1, 0.15) is 5.75 Å². The van der Waals surface area contributed by atoms with Crippen LogP contribution in [0.15, 0.2) is 78.9 Å².